The molecule has 5 rings (SSSR count). The Balaban J connectivity index is 1.60. The molecule has 0 bridgehead atoms. The van der Waals surface area contributed by atoms with Crippen LogP contribution in [0.1, 0.15) is 36.5 Å². The van der Waals surface area contributed by atoms with Crippen LogP contribution >= 0.6 is 11.8 Å². The highest BCUT2D eigenvalue weighted by Gasteiger charge is 2.20. The molecule has 0 N–H and O–H groups in total. The lowest BCUT2D eigenvalue weighted by Gasteiger charge is -2.16. The van der Waals surface area contributed by atoms with Crippen molar-refractivity contribution in [1.82, 2.24) is 24.1 Å². The Kier molecular flexibility index (Phi) is 5.68. The summed E-state index contributed by atoms with van der Waals surface area (Å²) in [6.07, 6.45) is 7.54. The minimum Gasteiger partial charge on any atom is -0.322 e. The van der Waals surface area contributed by atoms with Crippen molar-refractivity contribution in [3.8, 4) is 23.1 Å². The summed E-state index contributed by atoms with van der Waals surface area (Å²) in [6, 6.07) is 20.5. The summed E-state index contributed by atoms with van der Waals surface area (Å²) in [4.78, 5) is 4.28. The van der Waals surface area contributed by atoms with Crippen molar-refractivity contribution in [3.05, 3.63) is 96.1 Å². The predicted octanol–water partition coefficient (Wildman–Crippen LogP) is 5.87. The van der Waals surface area contributed by atoms with E-state index in [0.717, 1.165) is 33.3 Å². The van der Waals surface area contributed by atoms with Gasteiger partial charge in [0, 0.05) is 36.1 Å². The molecule has 0 saturated carbocycles. The summed E-state index contributed by atoms with van der Waals surface area (Å²) < 4.78 is 4.10. The van der Waals surface area contributed by atoms with Crippen molar-refractivity contribution in [3.63, 3.8) is 0 Å². The first kappa shape index (κ1) is 21.0. The fourth-order valence-corrected chi connectivity index (χ4v) is 4.92. The van der Waals surface area contributed by atoms with Gasteiger partial charge in [0.25, 0.3) is 0 Å². The van der Waals surface area contributed by atoms with Crippen molar-refractivity contribution in [2.24, 2.45) is 0 Å². The maximum Gasteiger partial charge on any atom is 0.196 e. The van der Waals surface area contributed by atoms with Crippen LogP contribution in [0.25, 0.3) is 22.6 Å². The highest BCUT2D eigenvalue weighted by atomic mass is 32.2. The van der Waals surface area contributed by atoms with Gasteiger partial charge in [-0.1, -0.05) is 49.9 Å². The fraction of sp³-hybridized carbons (Fsp3) is 0.154. The number of fused-ring (bicyclic) bond motifs is 1. The third kappa shape index (κ3) is 3.90. The molecule has 0 radical (unpaired) electrons. The Morgan fingerprint density at radius 1 is 1.03 bits per heavy atom. The van der Waals surface area contributed by atoms with Crippen molar-refractivity contribution >= 4 is 17.3 Å². The SMILES string of the molecule is CC(C)c1ccccc1-n1c(SCc2cn3ccccc3c2C#N)nnc1-c1cccnc1. The maximum absolute atomic E-state index is 9.77. The van der Waals surface area contributed by atoms with E-state index in [1.807, 2.05) is 53.2 Å². The number of rotatable bonds is 6. The Hall–Kier alpha value is -3.89. The van der Waals surface area contributed by atoms with Crippen LogP contribution in [0, 0.1) is 11.3 Å². The minimum absolute atomic E-state index is 0.338. The average Bonchev–Trinajstić information content (AvgIpc) is 3.44. The zero-order valence-corrected chi connectivity index (χ0v) is 19.2. The van der Waals surface area contributed by atoms with Gasteiger partial charge in [-0.25, -0.2) is 0 Å². The van der Waals surface area contributed by atoms with Crippen LogP contribution in [0.15, 0.2) is 84.5 Å². The van der Waals surface area contributed by atoms with Crippen LogP contribution in [0.2, 0.25) is 0 Å². The largest absolute Gasteiger partial charge is 0.322 e. The predicted molar refractivity (Wildman–Crippen MR) is 130 cm³/mol. The molecule has 0 aliphatic rings. The van der Waals surface area contributed by atoms with Crippen molar-refractivity contribution in [2.75, 3.05) is 0 Å². The van der Waals surface area contributed by atoms with Crippen LogP contribution in [0.5, 0.6) is 0 Å². The molecule has 5 aromatic rings. The zero-order chi connectivity index (χ0) is 22.8. The van der Waals surface area contributed by atoms with E-state index in [9.17, 15) is 5.26 Å². The van der Waals surface area contributed by atoms with Gasteiger partial charge in [-0.3, -0.25) is 9.55 Å². The lowest BCUT2D eigenvalue weighted by atomic mass is 10.0. The normalized spacial score (nSPS) is 11.2. The topological polar surface area (TPSA) is 71.8 Å². The van der Waals surface area contributed by atoms with E-state index in [-0.39, 0.29) is 0 Å². The first-order valence-corrected chi connectivity index (χ1v) is 11.7. The molecule has 0 aliphatic carbocycles. The van der Waals surface area contributed by atoms with Gasteiger partial charge in [-0.2, -0.15) is 5.26 Å². The number of nitrogens with zero attached hydrogens (tertiary/aromatic N) is 6. The number of hydrogen-bond acceptors (Lipinski definition) is 5. The second-order valence-electron chi connectivity index (χ2n) is 8.02. The fourth-order valence-electron chi connectivity index (χ4n) is 4.00. The summed E-state index contributed by atoms with van der Waals surface area (Å²) in [5, 5.41) is 19.6. The van der Waals surface area contributed by atoms with Crippen LogP contribution in [0.3, 0.4) is 0 Å². The molecular weight excluding hydrogens is 428 g/mol. The number of para-hydroxylation sites is 1. The lowest BCUT2D eigenvalue weighted by molar-refractivity contribution is 0.818. The number of benzene rings is 1. The molecule has 162 valence electrons. The van der Waals surface area contributed by atoms with E-state index < -0.39 is 0 Å². The maximum atomic E-state index is 9.77. The van der Waals surface area contributed by atoms with E-state index in [0.29, 0.717) is 17.2 Å². The van der Waals surface area contributed by atoms with Gasteiger partial charge in [0.2, 0.25) is 0 Å². The lowest BCUT2D eigenvalue weighted by Crippen LogP contribution is -2.05. The van der Waals surface area contributed by atoms with E-state index in [2.05, 4.69) is 57.9 Å². The molecular formula is C26H22N6S. The molecule has 6 nitrogen and oxygen atoms in total. The van der Waals surface area contributed by atoms with Gasteiger partial charge in [-0.15, -0.1) is 10.2 Å². The summed E-state index contributed by atoms with van der Waals surface area (Å²) in [5.41, 5.74) is 5.77. The monoisotopic (exact) mass is 450 g/mol. The van der Waals surface area contributed by atoms with Gasteiger partial charge in [-0.05, 0) is 47.4 Å². The van der Waals surface area contributed by atoms with E-state index in [1.165, 1.54) is 5.56 Å². The molecule has 0 aliphatic heterocycles. The summed E-state index contributed by atoms with van der Waals surface area (Å²) in [6.45, 7) is 4.37. The summed E-state index contributed by atoms with van der Waals surface area (Å²) >= 11 is 1.58. The molecule has 0 saturated heterocycles. The van der Waals surface area contributed by atoms with Crippen molar-refractivity contribution in [1.29, 1.82) is 5.26 Å². The second kappa shape index (κ2) is 8.93. The van der Waals surface area contributed by atoms with Crippen LogP contribution in [-0.4, -0.2) is 24.1 Å². The third-order valence-electron chi connectivity index (χ3n) is 5.58. The number of pyridine rings is 2. The van der Waals surface area contributed by atoms with E-state index in [1.54, 1.807) is 24.2 Å². The van der Waals surface area contributed by atoms with Gasteiger partial charge >= 0.3 is 0 Å². The highest BCUT2D eigenvalue weighted by Crippen LogP contribution is 2.34. The van der Waals surface area contributed by atoms with Gasteiger partial charge < -0.3 is 4.40 Å². The van der Waals surface area contributed by atoms with Crippen LogP contribution in [0.4, 0.5) is 0 Å². The van der Waals surface area contributed by atoms with Crippen LogP contribution < -0.4 is 0 Å². The van der Waals surface area contributed by atoms with E-state index in [4.69, 9.17) is 0 Å². The Labute approximate surface area is 196 Å². The molecule has 7 heteroatoms. The molecule has 0 amide bonds. The molecule has 0 fully saturated rings. The molecule has 0 spiro atoms. The van der Waals surface area contributed by atoms with Crippen molar-refractivity contribution in [2.45, 2.75) is 30.7 Å². The molecule has 33 heavy (non-hydrogen) atoms. The molecule has 0 atom stereocenters. The number of hydrogen-bond donors (Lipinski definition) is 0. The number of thioether (sulfide) groups is 1. The van der Waals surface area contributed by atoms with Gasteiger partial charge in [0.15, 0.2) is 11.0 Å². The van der Waals surface area contributed by atoms with Crippen LogP contribution in [-0.2, 0) is 5.75 Å². The van der Waals surface area contributed by atoms with Gasteiger partial charge in [0.1, 0.15) is 6.07 Å². The van der Waals surface area contributed by atoms with Crippen molar-refractivity contribution < 1.29 is 0 Å². The second-order valence-corrected chi connectivity index (χ2v) is 8.96. The molecule has 4 heterocycles. The van der Waals surface area contributed by atoms with E-state index >= 15 is 0 Å². The Morgan fingerprint density at radius 2 is 1.88 bits per heavy atom. The van der Waals surface area contributed by atoms with Gasteiger partial charge in [0.05, 0.1) is 16.8 Å². The Bertz CT molecular complexity index is 1460. The average molecular weight is 451 g/mol. The first-order valence-electron chi connectivity index (χ1n) is 10.7. The molecule has 0 unspecified atom stereocenters. The quantitative estimate of drug-likeness (QED) is 0.303. The first-order chi connectivity index (χ1) is 16.2. The standard InChI is InChI=1S/C26H22N6S/c1-18(2)21-9-3-4-11-24(21)32-25(19-8-7-12-28-15-19)29-30-26(32)33-17-20-16-31-13-6-5-10-23(31)22(20)14-27/h3-13,15-16,18H,17H2,1-2H3. The minimum atomic E-state index is 0.338. The zero-order valence-electron chi connectivity index (χ0n) is 18.4. The Morgan fingerprint density at radius 3 is 2.67 bits per heavy atom. The highest BCUT2D eigenvalue weighted by molar-refractivity contribution is 7.98. The molecule has 1 aromatic carbocycles. The third-order valence-corrected chi connectivity index (χ3v) is 6.56. The molecule has 4 aromatic heterocycles. The smallest absolute Gasteiger partial charge is 0.196 e. The summed E-state index contributed by atoms with van der Waals surface area (Å²) in [7, 11) is 0. The number of aromatic nitrogens is 5. The summed E-state index contributed by atoms with van der Waals surface area (Å²) in [5.74, 6) is 1.70. The number of nitriles is 1.